The summed E-state index contributed by atoms with van der Waals surface area (Å²) in [6.07, 6.45) is 9.33. The van der Waals surface area contributed by atoms with E-state index in [1.807, 2.05) is 25.0 Å². The maximum atomic E-state index is 4.53. The van der Waals surface area contributed by atoms with Crippen molar-refractivity contribution < 1.29 is 0 Å². The van der Waals surface area contributed by atoms with Crippen LogP contribution in [0.1, 0.15) is 55.2 Å². The molecule has 7 heteroatoms. The highest BCUT2D eigenvalue weighted by Crippen LogP contribution is 2.26. The molecule has 0 saturated carbocycles. The molecule has 1 aromatic carbocycles. The van der Waals surface area contributed by atoms with Crippen LogP contribution in [0.3, 0.4) is 0 Å². The number of nitrogens with one attached hydrogen (secondary N) is 1. The lowest BCUT2D eigenvalue weighted by Gasteiger charge is -2.33. The predicted octanol–water partition coefficient (Wildman–Crippen LogP) is 3.98. The molecule has 2 aromatic rings. The van der Waals surface area contributed by atoms with E-state index in [1.165, 1.54) is 42.5 Å². The molecule has 0 aliphatic carbocycles. The van der Waals surface area contributed by atoms with Crippen molar-refractivity contribution in [3.63, 3.8) is 0 Å². The summed E-state index contributed by atoms with van der Waals surface area (Å²) in [6.45, 7) is 7.50. The van der Waals surface area contributed by atoms with Gasteiger partial charge < -0.3 is 10.2 Å². The number of piperidine rings is 1. The third-order valence-electron chi connectivity index (χ3n) is 6.70. The predicted molar refractivity (Wildman–Crippen MR) is 138 cm³/mol. The highest BCUT2D eigenvalue weighted by molar-refractivity contribution is 14.0. The van der Waals surface area contributed by atoms with Crippen LogP contribution in [0.15, 0.2) is 41.7 Å². The van der Waals surface area contributed by atoms with Gasteiger partial charge in [0, 0.05) is 58.4 Å². The lowest BCUT2D eigenvalue weighted by atomic mass is 10.0. The second-order valence-electron chi connectivity index (χ2n) is 8.91. The van der Waals surface area contributed by atoms with E-state index in [0.29, 0.717) is 12.0 Å². The SMILES string of the molecule is CN=C(NCc1ccc(CN2CCCCC2C)cc1)N1CCC(c2cnn(C)c2)C1.I. The fraction of sp³-hybridized carbons (Fsp3) is 0.583. The quantitative estimate of drug-likeness (QED) is 0.357. The average Bonchev–Trinajstić information content (AvgIpc) is 3.41. The van der Waals surface area contributed by atoms with Gasteiger partial charge in [0.1, 0.15) is 0 Å². The Hall–Kier alpha value is -1.61. The maximum absolute atomic E-state index is 4.53. The number of guanidine groups is 1. The van der Waals surface area contributed by atoms with Crippen molar-refractivity contribution in [1.82, 2.24) is 24.9 Å². The summed E-state index contributed by atoms with van der Waals surface area (Å²) in [5, 5.41) is 7.88. The molecule has 3 heterocycles. The zero-order chi connectivity index (χ0) is 20.9. The Bertz CT molecular complexity index is 846. The van der Waals surface area contributed by atoms with Gasteiger partial charge in [0.15, 0.2) is 5.96 Å². The molecule has 2 fully saturated rings. The lowest BCUT2D eigenvalue weighted by Crippen LogP contribution is -2.39. The van der Waals surface area contributed by atoms with Crippen LogP contribution in [-0.2, 0) is 20.1 Å². The molecule has 2 unspecified atom stereocenters. The fourth-order valence-electron chi connectivity index (χ4n) is 4.78. The van der Waals surface area contributed by atoms with E-state index in [0.717, 1.165) is 38.6 Å². The molecule has 31 heavy (non-hydrogen) atoms. The topological polar surface area (TPSA) is 48.7 Å². The van der Waals surface area contributed by atoms with E-state index in [4.69, 9.17) is 0 Å². The number of nitrogens with zero attached hydrogens (tertiary/aromatic N) is 5. The summed E-state index contributed by atoms with van der Waals surface area (Å²) >= 11 is 0. The number of hydrogen-bond acceptors (Lipinski definition) is 3. The molecule has 0 radical (unpaired) electrons. The van der Waals surface area contributed by atoms with Crippen LogP contribution in [0, 0.1) is 0 Å². The van der Waals surface area contributed by atoms with Crippen LogP contribution in [0.5, 0.6) is 0 Å². The van der Waals surface area contributed by atoms with Gasteiger partial charge in [-0.1, -0.05) is 30.7 Å². The third-order valence-corrected chi connectivity index (χ3v) is 6.70. The molecule has 0 spiro atoms. The van der Waals surface area contributed by atoms with Gasteiger partial charge in [-0.15, -0.1) is 24.0 Å². The number of aromatic nitrogens is 2. The summed E-state index contributed by atoms with van der Waals surface area (Å²) in [5.41, 5.74) is 4.04. The summed E-state index contributed by atoms with van der Waals surface area (Å²) < 4.78 is 1.89. The highest BCUT2D eigenvalue weighted by Gasteiger charge is 2.26. The number of rotatable bonds is 5. The molecule has 0 amide bonds. The molecule has 2 aliphatic rings. The molecule has 2 atom stereocenters. The molecule has 1 N–H and O–H groups in total. The number of hydrogen-bond donors (Lipinski definition) is 1. The van der Waals surface area contributed by atoms with Crippen molar-refractivity contribution in [3.05, 3.63) is 53.3 Å². The molecule has 170 valence electrons. The first-order chi connectivity index (χ1) is 14.6. The Morgan fingerprint density at radius 2 is 1.90 bits per heavy atom. The largest absolute Gasteiger partial charge is 0.352 e. The van der Waals surface area contributed by atoms with Crippen molar-refractivity contribution >= 4 is 29.9 Å². The van der Waals surface area contributed by atoms with E-state index < -0.39 is 0 Å². The van der Waals surface area contributed by atoms with Gasteiger partial charge in [0.2, 0.25) is 0 Å². The Morgan fingerprint density at radius 1 is 1.13 bits per heavy atom. The van der Waals surface area contributed by atoms with Crippen molar-refractivity contribution in [3.8, 4) is 0 Å². The van der Waals surface area contributed by atoms with Gasteiger partial charge in [-0.3, -0.25) is 14.6 Å². The van der Waals surface area contributed by atoms with Gasteiger partial charge >= 0.3 is 0 Å². The van der Waals surface area contributed by atoms with E-state index in [9.17, 15) is 0 Å². The summed E-state index contributed by atoms with van der Waals surface area (Å²) in [5.74, 6) is 1.53. The third kappa shape index (κ3) is 6.22. The number of likely N-dealkylation sites (tertiary alicyclic amines) is 2. The Balaban J connectivity index is 0.00000272. The normalized spacial score (nSPS) is 22.4. The Labute approximate surface area is 204 Å². The van der Waals surface area contributed by atoms with Crippen molar-refractivity contribution in [2.24, 2.45) is 12.0 Å². The highest BCUT2D eigenvalue weighted by atomic mass is 127. The molecular weight excluding hydrogens is 499 g/mol. The first-order valence-electron chi connectivity index (χ1n) is 11.4. The summed E-state index contributed by atoms with van der Waals surface area (Å²) in [7, 11) is 3.86. The molecule has 1 aromatic heterocycles. The van der Waals surface area contributed by atoms with Crippen molar-refractivity contribution in [2.45, 2.75) is 57.7 Å². The van der Waals surface area contributed by atoms with Gasteiger partial charge in [-0.2, -0.15) is 5.10 Å². The minimum absolute atomic E-state index is 0. The van der Waals surface area contributed by atoms with Crippen molar-refractivity contribution in [2.75, 3.05) is 26.7 Å². The van der Waals surface area contributed by atoms with E-state index in [-0.39, 0.29) is 24.0 Å². The van der Waals surface area contributed by atoms with Gasteiger partial charge in [0.25, 0.3) is 0 Å². The van der Waals surface area contributed by atoms with Crippen LogP contribution in [0.2, 0.25) is 0 Å². The monoisotopic (exact) mass is 536 g/mol. The van der Waals surface area contributed by atoms with Crippen LogP contribution >= 0.6 is 24.0 Å². The molecule has 2 saturated heterocycles. The van der Waals surface area contributed by atoms with E-state index >= 15 is 0 Å². The lowest BCUT2D eigenvalue weighted by molar-refractivity contribution is 0.152. The maximum Gasteiger partial charge on any atom is 0.193 e. The van der Waals surface area contributed by atoms with E-state index in [2.05, 4.69) is 62.6 Å². The molecule has 6 nitrogen and oxygen atoms in total. The summed E-state index contributed by atoms with van der Waals surface area (Å²) in [4.78, 5) is 9.51. The minimum Gasteiger partial charge on any atom is -0.352 e. The number of benzene rings is 1. The Morgan fingerprint density at radius 3 is 2.58 bits per heavy atom. The Kier molecular flexibility index (Phi) is 8.77. The number of aryl methyl sites for hydroxylation is 1. The first kappa shape index (κ1) is 24.0. The van der Waals surface area contributed by atoms with Gasteiger partial charge in [-0.25, -0.2) is 0 Å². The standard InChI is InChI=1S/C24H36N6.HI/c1-19-6-4-5-12-29(19)16-21-9-7-20(8-10-21)14-26-24(25-2)30-13-11-22(18-30)23-15-27-28(3)17-23;/h7-10,15,17,19,22H,4-6,11-14,16,18H2,1-3H3,(H,25,26);1H. The second-order valence-corrected chi connectivity index (χ2v) is 8.91. The van der Waals surface area contributed by atoms with Crippen molar-refractivity contribution in [1.29, 1.82) is 0 Å². The van der Waals surface area contributed by atoms with Gasteiger partial charge in [0.05, 0.1) is 6.20 Å². The smallest absolute Gasteiger partial charge is 0.193 e. The number of aliphatic imine (C=N–C) groups is 1. The molecule has 4 rings (SSSR count). The molecular formula is C24H37IN6. The van der Waals surface area contributed by atoms with Crippen LogP contribution in [-0.4, -0.2) is 58.3 Å². The summed E-state index contributed by atoms with van der Waals surface area (Å²) in [6, 6.07) is 9.80. The van der Waals surface area contributed by atoms with Crippen LogP contribution in [0.25, 0.3) is 0 Å². The zero-order valence-corrected chi connectivity index (χ0v) is 21.5. The number of halogens is 1. The fourth-order valence-corrected chi connectivity index (χ4v) is 4.78. The van der Waals surface area contributed by atoms with Crippen LogP contribution < -0.4 is 5.32 Å². The first-order valence-corrected chi connectivity index (χ1v) is 11.4. The second kappa shape index (κ2) is 11.3. The van der Waals surface area contributed by atoms with E-state index in [1.54, 1.807) is 0 Å². The average molecular weight is 537 g/mol. The molecule has 2 aliphatic heterocycles. The molecule has 0 bridgehead atoms. The zero-order valence-electron chi connectivity index (χ0n) is 19.1. The minimum atomic E-state index is 0. The van der Waals surface area contributed by atoms with Gasteiger partial charge in [-0.05, 0) is 49.4 Å². The van der Waals surface area contributed by atoms with Crippen LogP contribution in [0.4, 0.5) is 0 Å².